The van der Waals surface area contributed by atoms with Gasteiger partial charge in [-0.3, -0.25) is 4.79 Å². The van der Waals surface area contributed by atoms with E-state index in [1.165, 1.54) is 0 Å². The van der Waals surface area contributed by atoms with Gasteiger partial charge in [-0.2, -0.15) is 0 Å². The molecule has 1 atom stereocenters. The Labute approximate surface area is 148 Å². The van der Waals surface area contributed by atoms with Gasteiger partial charge in [0.15, 0.2) is 0 Å². The topological polar surface area (TPSA) is 59.4 Å². The van der Waals surface area contributed by atoms with Gasteiger partial charge in [-0.1, -0.05) is 0 Å². The Morgan fingerprint density at radius 3 is 2.83 bits per heavy atom. The molecule has 0 saturated carbocycles. The quantitative estimate of drug-likeness (QED) is 0.919. The van der Waals surface area contributed by atoms with Gasteiger partial charge >= 0.3 is 0 Å². The maximum atomic E-state index is 13.1. The van der Waals surface area contributed by atoms with Crippen LogP contribution in [0, 0.1) is 6.92 Å². The van der Waals surface area contributed by atoms with Crippen molar-refractivity contribution in [1.29, 1.82) is 0 Å². The van der Waals surface area contributed by atoms with Crippen molar-refractivity contribution in [1.82, 2.24) is 19.8 Å². The van der Waals surface area contributed by atoms with Crippen LogP contribution in [0.5, 0.6) is 5.75 Å². The molecule has 1 aromatic heterocycles. The van der Waals surface area contributed by atoms with E-state index < -0.39 is 0 Å². The molecule has 1 N–H and O–H groups in total. The number of carbonyl (C=O) groups excluding carboxylic acids is 1. The average molecular weight is 351 g/mol. The Morgan fingerprint density at radius 1 is 1.42 bits per heavy atom. The zero-order valence-electron chi connectivity index (χ0n) is 14.2. The van der Waals surface area contributed by atoms with E-state index in [4.69, 9.17) is 4.74 Å². The fourth-order valence-corrected chi connectivity index (χ4v) is 3.03. The molecule has 1 aromatic carbocycles. The second kappa shape index (κ2) is 7.68. The molecule has 1 saturated heterocycles. The van der Waals surface area contributed by atoms with E-state index >= 15 is 0 Å². The van der Waals surface area contributed by atoms with E-state index in [1.54, 1.807) is 13.3 Å². The van der Waals surface area contributed by atoms with Crippen LogP contribution in [0.3, 0.4) is 0 Å². The van der Waals surface area contributed by atoms with Crippen LogP contribution >= 0.6 is 12.4 Å². The summed E-state index contributed by atoms with van der Waals surface area (Å²) in [7, 11) is 3.59. The lowest BCUT2D eigenvalue weighted by Gasteiger charge is -2.36. The van der Waals surface area contributed by atoms with Gasteiger partial charge in [0.25, 0.3) is 5.91 Å². The molecule has 0 bridgehead atoms. The minimum atomic E-state index is -0.0576. The third-order valence-corrected chi connectivity index (χ3v) is 4.32. The predicted molar refractivity (Wildman–Crippen MR) is 94.8 cm³/mol. The standard InChI is InChI=1S/C17H22N4O2.ClH/c1-12-10-13(23-3)4-5-14(12)17(22)21-9-6-18-11-15(21)16-19-7-8-20(16)2;/h4-5,7-8,10,15,18H,6,9,11H2,1-3H3;1H. The molecule has 6 nitrogen and oxygen atoms in total. The molecule has 1 amide bonds. The van der Waals surface area contributed by atoms with Gasteiger partial charge in [0, 0.05) is 44.6 Å². The van der Waals surface area contributed by atoms with E-state index in [-0.39, 0.29) is 24.4 Å². The van der Waals surface area contributed by atoms with Crippen molar-refractivity contribution in [2.45, 2.75) is 13.0 Å². The number of amides is 1. The lowest BCUT2D eigenvalue weighted by molar-refractivity contribution is 0.0620. The van der Waals surface area contributed by atoms with Gasteiger partial charge in [-0.05, 0) is 30.7 Å². The molecule has 3 rings (SSSR count). The molecule has 24 heavy (non-hydrogen) atoms. The Bertz CT molecular complexity index is 716. The van der Waals surface area contributed by atoms with Crippen LogP contribution in [-0.4, -0.2) is 47.1 Å². The lowest BCUT2D eigenvalue weighted by atomic mass is 10.0. The van der Waals surface area contributed by atoms with Crippen molar-refractivity contribution < 1.29 is 9.53 Å². The number of imidazole rings is 1. The first-order valence-corrected chi connectivity index (χ1v) is 7.75. The molecule has 1 unspecified atom stereocenters. The zero-order chi connectivity index (χ0) is 16.4. The van der Waals surface area contributed by atoms with E-state index in [0.717, 1.165) is 23.7 Å². The summed E-state index contributed by atoms with van der Waals surface area (Å²) in [5.74, 6) is 1.70. The number of carbonyl (C=O) groups is 1. The maximum Gasteiger partial charge on any atom is 0.254 e. The molecule has 130 valence electrons. The van der Waals surface area contributed by atoms with Crippen molar-refractivity contribution in [2.24, 2.45) is 7.05 Å². The molecule has 2 heterocycles. The van der Waals surface area contributed by atoms with Crippen molar-refractivity contribution in [2.75, 3.05) is 26.7 Å². The molecule has 1 aliphatic heterocycles. The number of hydrogen-bond acceptors (Lipinski definition) is 4. The molecule has 2 aromatic rings. The molecule has 7 heteroatoms. The number of hydrogen-bond donors (Lipinski definition) is 1. The van der Waals surface area contributed by atoms with E-state index in [2.05, 4.69) is 10.3 Å². The maximum absolute atomic E-state index is 13.1. The first-order chi connectivity index (χ1) is 11.1. The highest BCUT2D eigenvalue weighted by molar-refractivity contribution is 5.96. The summed E-state index contributed by atoms with van der Waals surface area (Å²) in [5, 5.41) is 3.35. The molecule has 1 fully saturated rings. The third-order valence-electron chi connectivity index (χ3n) is 4.32. The number of aromatic nitrogens is 2. The van der Waals surface area contributed by atoms with Crippen LogP contribution < -0.4 is 10.1 Å². The molecule has 0 radical (unpaired) electrons. The van der Waals surface area contributed by atoms with Crippen molar-refractivity contribution in [3.63, 3.8) is 0 Å². The summed E-state index contributed by atoms with van der Waals surface area (Å²) in [6.45, 7) is 4.11. The number of ether oxygens (including phenoxy) is 1. The third kappa shape index (κ3) is 3.39. The number of halogens is 1. The van der Waals surface area contributed by atoms with Crippen molar-refractivity contribution in [3.05, 3.63) is 47.5 Å². The highest BCUT2D eigenvalue weighted by Gasteiger charge is 2.31. The fraction of sp³-hybridized carbons (Fsp3) is 0.412. The normalized spacial score (nSPS) is 17.3. The summed E-state index contributed by atoms with van der Waals surface area (Å²) in [4.78, 5) is 19.4. The second-order valence-corrected chi connectivity index (χ2v) is 5.80. The van der Waals surface area contributed by atoms with E-state index in [9.17, 15) is 4.79 Å². The number of benzene rings is 1. The smallest absolute Gasteiger partial charge is 0.254 e. The van der Waals surface area contributed by atoms with E-state index in [0.29, 0.717) is 18.7 Å². The Hall–Kier alpha value is -2.05. The van der Waals surface area contributed by atoms with Gasteiger partial charge in [-0.25, -0.2) is 4.98 Å². The van der Waals surface area contributed by atoms with Gasteiger partial charge in [-0.15, -0.1) is 12.4 Å². The van der Waals surface area contributed by atoms with Gasteiger partial charge in [0.2, 0.25) is 0 Å². The first kappa shape index (κ1) is 18.3. The van der Waals surface area contributed by atoms with Crippen molar-refractivity contribution in [3.8, 4) is 5.75 Å². The fourth-order valence-electron chi connectivity index (χ4n) is 3.03. The van der Waals surface area contributed by atoms with Crippen LogP contribution in [0.25, 0.3) is 0 Å². The van der Waals surface area contributed by atoms with Gasteiger partial charge < -0.3 is 19.5 Å². The number of rotatable bonds is 3. The molecule has 0 aliphatic carbocycles. The number of nitrogens with one attached hydrogen (secondary N) is 1. The minimum Gasteiger partial charge on any atom is -0.497 e. The van der Waals surface area contributed by atoms with Gasteiger partial charge in [0.1, 0.15) is 17.6 Å². The summed E-state index contributed by atoms with van der Waals surface area (Å²) in [5.41, 5.74) is 1.64. The van der Waals surface area contributed by atoms with Gasteiger partial charge in [0.05, 0.1) is 7.11 Å². The lowest BCUT2D eigenvalue weighted by Crippen LogP contribution is -2.49. The number of nitrogens with zero attached hydrogens (tertiary/aromatic N) is 3. The van der Waals surface area contributed by atoms with Crippen LogP contribution in [0.4, 0.5) is 0 Å². The largest absolute Gasteiger partial charge is 0.497 e. The molecule has 0 spiro atoms. The SMILES string of the molecule is COc1ccc(C(=O)N2CCNCC2c2nccn2C)c(C)c1.Cl. The first-order valence-electron chi connectivity index (χ1n) is 7.75. The monoisotopic (exact) mass is 350 g/mol. The second-order valence-electron chi connectivity index (χ2n) is 5.80. The highest BCUT2D eigenvalue weighted by Crippen LogP contribution is 2.25. The summed E-state index contributed by atoms with van der Waals surface area (Å²) in [6, 6.07) is 5.51. The number of piperazine rings is 1. The summed E-state index contributed by atoms with van der Waals surface area (Å²) >= 11 is 0. The molecular weight excluding hydrogens is 328 g/mol. The minimum absolute atomic E-state index is 0. The predicted octanol–water partition coefficient (Wildman–Crippen LogP) is 1.95. The molecule has 1 aliphatic rings. The Balaban J connectivity index is 0.00000208. The molecular formula is C17H23ClN4O2. The van der Waals surface area contributed by atoms with Crippen molar-refractivity contribution >= 4 is 18.3 Å². The summed E-state index contributed by atoms with van der Waals surface area (Å²) in [6.07, 6.45) is 3.68. The van der Waals surface area contributed by atoms with Crippen LogP contribution in [0.2, 0.25) is 0 Å². The van der Waals surface area contributed by atoms with Crippen LogP contribution in [0.15, 0.2) is 30.6 Å². The average Bonchev–Trinajstić information content (AvgIpc) is 3.00. The number of aryl methyl sites for hydroxylation is 2. The summed E-state index contributed by atoms with van der Waals surface area (Å²) < 4.78 is 7.19. The van der Waals surface area contributed by atoms with Crippen LogP contribution in [0.1, 0.15) is 27.8 Å². The Morgan fingerprint density at radius 2 is 2.21 bits per heavy atom. The van der Waals surface area contributed by atoms with E-state index in [1.807, 2.05) is 47.8 Å². The van der Waals surface area contributed by atoms with Crippen LogP contribution in [-0.2, 0) is 7.05 Å². The zero-order valence-corrected chi connectivity index (χ0v) is 15.0. The Kier molecular flexibility index (Phi) is 5.85. The number of methoxy groups -OCH3 is 1. The highest BCUT2D eigenvalue weighted by atomic mass is 35.5.